The van der Waals surface area contributed by atoms with Crippen LogP contribution in [0.3, 0.4) is 0 Å². The molecule has 0 aliphatic carbocycles. The van der Waals surface area contributed by atoms with Crippen LogP contribution in [-0.2, 0) is 6.18 Å². The van der Waals surface area contributed by atoms with E-state index in [1.54, 1.807) is 0 Å². The zero-order chi connectivity index (χ0) is 18.2. The quantitative estimate of drug-likeness (QED) is 0.878. The summed E-state index contributed by atoms with van der Waals surface area (Å²) in [6.07, 6.45) is -3.11. The van der Waals surface area contributed by atoms with Crippen LogP contribution in [0.2, 0.25) is 0 Å². The van der Waals surface area contributed by atoms with Gasteiger partial charge in [-0.1, -0.05) is 12.1 Å². The minimum absolute atomic E-state index is 0.0498. The molecule has 0 aromatic heterocycles. The first-order valence-electron chi connectivity index (χ1n) is 8.16. The fourth-order valence-electron chi connectivity index (χ4n) is 3.07. The first-order valence-corrected chi connectivity index (χ1v) is 8.16. The van der Waals surface area contributed by atoms with Gasteiger partial charge in [-0.2, -0.15) is 13.2 Å². The molecule has 1 fully saturated rings. The van der Waals surface area contributed by atoms with Crippen molar-refractivity contribution < 1.29 is 18.0 Å². The Bertz CT molecular complexity index is 597. The predicted octanol–water partition coefficient (Wildman–Crippen LogP) is 4.09. The number of nitrogens with one attached hydrogen (secondary N) is 1. The van der Waals surface area contributed by atoms with Gasteiger partial charge in [0.1, 0.15) is 0 Å². The molecule has 1 saturated heterocycles. The third-order valence-electron chi connectivity index (χ3n) is 4.71. The number of piperidine rings is 1. The molecule has 0 radical (unpaired) electrons. The molecule has 24 heavy (non-hydrogen) atoms. The molecular formula is C18H25F3N2O. The Morgan fingerprint density at radius 3 is 2.17 bits per heavy atom. The molecule has 134 valence electrons. The summed E-state index contributed by atoms with van der Waals surface area (Å²) in [6.45, 7) is 9.92. The number of likely N-dealkylation sites (tertiary alicyclic amines) is 1. The Kier molecular flexibility index (Phi) is 5.00. The van der Waals surface area contributed by atoms with Gasteiger partial charge in [0, 0.05) is 24.2 Å². The second-order valence-corrected chi connectivity index (χ2v) is 7.72. The molecule has 1 aromatic rings. The summed E-state index contributed by atoms with van der Waals surface area (Å²) < 4.78 is 39.2. The zero-order valence-electron chi connectivity index (χ0n) is 14.6. The molecule has 0 spiro atoms. The number of carbonyl (C=O) groups excluding carboxylic acids is 1. The molecule has 0 unspecified atom stereocenters. The van der Waals surface area contributed by atoms with E-state index in [1.807, 2.05) is 6.92 Å². The lowest BCUT2D eigenvalue weighted by Gasteiger charge is -2.45. The number of alkyl halides is 3. The third kappa shape index (κ3) is 4.29. The number of halogens is 3. The molecule has 1 heterocycles. The van der Waals surface area contributed by atoms with Crippen LogP contribution in [0.4, 0.5) is 13.2 Å². The lowest BCUT2D eigenvalue weighted by atomic mass is 9.87. The fraction of sp³-hybridized carbons (Fsp3) is 0.611. The van der Waals surface area contributed by atoms with Gasteiger partial charge < -0.3 is 5.32 Å². The van der Waals surface area contributed by atoms with E-state index in [9.17, 15) is 18.0 Å². The fourth-order valence-corrected chi connectivity index (χ4v) is 3.07. The lowest BCUT2D eigenvalue weighted by Crippen LogP contribution is -2.56. The van der Waals surface area contributed by atoms with Crippen LogP contribution in [-0.4, -0.2) is 35.0 Å². The first kappa shape index (κ1) is 18.8. The van der Waals surface area contributed by atoms with Crippen molar-refractivity contribution in [2.24, 2.45) is 0 Å². The summed E-state index contributed by atoms with van der Waals surface area (Å²) in [5, 5.41) is 2.83. The summed E-state index contributed by atoms with van der Waals surface area (Å²) in [5.74, 6) is -0.658. The van der Waals surface area contributed by atoms with Gasteiger partial charge in [-0.15, -0.1) is 0 Å². The molecule has 1 aliphatic heterocycles. The van der Waals surface area contributed by atoms with Crippen LogP contribution < -0.4 is 5.32 Å². The Hall–Kier alpha value is -1.56. The van der Waals surface area contributed by atoms with Gasteiger partial charge >= 0.3 is 6.18 Å². The molecule has 3 nitrogen and oxygen atoms in total. The van der Waals surface area contributed by atoms with Crippen molar-refractivity contribution >= 4 is 5.91 Å². The summed E-state index contributed by atoms with van der Waals surface area (Å²) in [5.41, 5.74) is -1.64. The second kappa shape index (κ2) is 6.39. The zero-order valence-corrected chi connectivity index (χ0v) is 14.6. The smallest absolute Gasteiger partial charge is 0.347 e. The summed E-state index contributed by atoms with van der Waals surface area (Å²) in [7, 11) is 0. The van der Waals surface area contributed by atoms with Gasteiger partial charge in [0.25, 0.3) is 5.91 Å². The van der Waals surface area contributed by atoms with Gasteiger partial charge in [-0.3, -0.25) is 9.69 Å². The average Bonchev–Trinajstić information content (AvgIpc) is 2.45. The maximum atomic E-state index is 13.1. The number of hydrogen-bond donors (Lipinski definition) is 1. The maximum absolute atomic E-state index is 13.1. The summed E-state index contributed by atoms with van der Waals surface area (Å²) >= 11 is 0. The van der Waals surface area contributed by atoms with Gasteiger partial charge in [0.2, 0.25) is 0 Å². The van der Waals surface area contributed by atoms with Gasteiger partial charge in [-0.25, -0.2) is 0 Å². The first-order chi connectivity index (χ1) is 10.9. The average molecular weight is 342 g/mol. The van der Waals surface area contributed by atoms with Crippen molar-refractivity contribution in [2.75, 3.05) is 13.1 Å². The van der Waals surface area contributed by atoms with Crippen molar-refractivity contribution in [2.45, 2.75) is 57.8 Å². The van der Waals surface area contributed by atoms with Crippen molar-refractivity contribution in [3.63, 3.8) is 0 Å². The molecule has 6 heteroatoms. The number of hydrogen-bond acceptors (Lipinski definition) is 2. The van der Waals surface area contributed by atoms with Crippen LogP contribution in [0.5, 0.6) is 0 Å². The number of benzene rings is 1. The molecule has 1 amide bonds. The van der Waals surface area contributed by atoms with E-state index in [-0.39, 0.29) is 11.1 Å². The van der Waals surface area contributed by atoms with Crippen molar-refractivity contribution in [1.82, 2.24) is 10.2 Å². The van der Waals surface area contributed by atoms with Crippen LogP contribution in [0.1, 0.15) is 56.5 Å². The molecular weight excluding hydrogens is 317 g/mol. The van der Waals surface area contributed by atoms with Crippen molar-refractivity contribution in [3.05, 3.63) is 35.4 Å². The molecule has 1 N–H and O–H groups in total. The highest BCUT2D eigenvalue weighted by Gasteiger charge is 2.38. The van der Waals surface area contributed by atoms with E-state index in [2.05, 4.69) is 31.0 Å². The number of rotatable bonds is 2. The normalized spacial score (nSPS) is 19.1. The van der Waals surface area contributed by atoms with Crippen molar-refractivity contribution in [1.29, 1.82) is 0 Å². The molecule has 0 atom stereocenters. The van der Waals surface area contributed by atoms with E-state index in [4.69, 9.17) is 0 Å². The monoisotopic (exact) mass is 342 g/mol. The number of nitrogens with zero attached hydrogens (tertiary/aromatic N) is 1. The molecule has 0 saturated carbocycles. The van der Waals surface area contributed by atoms with Crippen LogP contribution in [0.15, 0.2) is 24.3 Å². The summed E-state index contributed by atoms with van der Waals surface area (Å²) in [6, 6.07) is 4.92. The van der Waals surface area contributed by atoms with E-state index in [0.29, 0.717) is 12.8 Å². The maximum Gasteiger partial charge on any atom is 0.417 e. The topological polar surface area (TPSA) is 32.3 Å². The lowest BCUT2D eigenvalue weighted by molar-refractivity contribution is -0.138. The van der Waals surface area contributed by atoms with Gasteiger partial charge in [0.05, 0.1) is 11.1 Å². The van der Waals surface area contributed by atoms with Gasteiger partial charge in [-0.05, 0) is 52.7 Å². The largest absolute Gasteiger partial charge is 0.417 e. The molecule has 2 rings (SSSR count). The Morgan fingerprint density at radius 2 is 1.67 bits per heavy atom. The second-order valence-electron chi connectivity index (χ2n) is 7.72. The van der Waals surface area contributed by atoms with E-state index >= 15 is 0 Å². The SMILES string of the molecule is CC1(NC(=O)c2ccccc2C(F)(F)F)CCN(C(C)(C)C)CC1. The highest BCUT2D eigenvalue weighted by Crippen LogP contribution is 2.33. The number of carbonyl (C=O) groups is 1. The van der Waals surface area contributed by atoms with Crippen LogP contribution >= 0.6 is 0 Å². The van der Waals surface area contributed by atoms with Crippen molar-refractivity contribution in [3.8, 4) is 0 Å². The van der Waals surface area contributed by atoms with E-state index in [0.717, 1.165) is 19.2 Å². The molecule has 0 bridgehead atoms. The Morgan fingerprint density at radius 1 is 1.12 bits per heavy atom. The van der Waals surface area contributed by atoms with E-state index < -0.39 is 23.2 Å². The highest BCUT2D eigenvalue weighted by atomic mass is 19.4. The molecule has 1 aromatic carbocycles. The molecule has 1 aliphatic rings. The summed E-state index contributed by atoms with van der Waals surface area (Å²) in [4.78, 5) is 14.8. The minimum atomic E-state index is -4.54. The standard InChI is InChI=1S/C18H25F3N2O/c1-16(2,3)23-11-9-17(4,10-12-23)22-15(24)13-7-5-6-8-14(13)18(19,20)21/h5-8H,9-12H2,1-4H3,(H,22,24). The van der Waals surface area contributed by atoms with E-state index in [1.165, 1.54) is 18.2 Å². The number of amides is 1. The van der Waals surface area contributed by atoms with Crippen LogP contribution in [0, 0.1) is 0 Å². The third-order valence-corrected chi connectivity index (χ3v) is 4.71. The van der Waals surface area contributed by atoms with Crippen LogP contribution in [0.25, 0.3) is 0 Å². The Balaban J connectivity index is 2.11. The predicted molar refractivity (Wildman–Crippen MR) is 87.9 cm³/mol. The highest BCUT2D eigenvalue weighted by molar-refractivity contribution is 5.96. The Labute approximate surface area is 141 Å². The van der Waals surface area contributed by atoms with Gasteiger partial charge in [0.15, 0.2) is 0 Å². The minimum Gasteiger partial charge on any atom is -0.347 e.